The first kappa shape index (κ1) is 17.6. The molecule has 2 N–H and O–H groups in total. The van der Waals surface area contributed by atoms with Gasteiger partial charge in [0.2, 0.25) is 5.95 Å². The van der Waals surface area contributed by atoms with Crippen LogP contribution in [-0.4, -0.2) is 21.5 Å². The molecule has 3 aromatic rings. The minimum Gasteiger partial charge on any atom is -0.369 e. The molecule has 0 aliphatic carbocycles. The molecule has 2 aromatic heterocycles. The number of benzene rings is 1. The Balaban J connectivity index is 1.66. The van der Waals surface area contributed by atoms with E-state index in [1.54, 1.807) is 18.5 Å². The Labute approximate surface area is 157 Å². The number of anilines is 3. The summed E-state index contributed by atoms with van der Waals surface area (Å²) >= 11 is 9.21. The number of nitrogens with zero attached hydrogens (tertiary/aromatic N) is 3. The molecule has 0 unspecified atom stereocenters. The van der Waals surface area contributed by atoms with Crippen molar-refractivity contribution in [2.45, 2.75) is 6.42 Å². The van der Waals surface area contributed by atoms with Crippen molar-refractivity contribution in [3.8, 4) is 0 Å². The second kappa shape index (κ2) is 8.22. The van der Waals surface area contributed by atoms with E-state index in [0.29, 0.717) is 24.0 Å². The zero-order valence-corrected chi connectivity index (χ0v) is 15.4. The summed E-state index contributed by atoms with van der Waals surface area (Å²) in [5, 5.41) is 6.30. The monoisotopic (exact) mass is 421 g/mol. The molecule has 2 heterocycles. The van der Waals surface area contributed by atoms with E-state index in [0.717, 1.165) is 16.5 Å². The van der Waals surface area contributed by atoms with E-state index >= 15 is 0 Å². The van der Waals surface area contributed by atoms with E-state index in [4.69, 9.17) is 11.6 Å². The maximum atomic E-state index is 13.2. The van der Waals surface area contributed by atoms with Crippen molar-refractivity contribution in [2.75, 3.05) is 17.2 Å². The molecule has 1 aromatic carbocycles. The largest absolute Gasteiger partial charge is 0.369 e. The molecule has 5 nitrogen and oxygen atoms in total. The van der Waals surface area contributed by atoms with Crippen molar-refractivity contribution in [1.29, 1.82) is 0 Å². The number of pyridine rings is 1. The number of nitrogens with one attached hydrogen (secondary N) is 2. The van der Waals surface area contributed by atoms with Crippen molar-refractivity contribution < 1.29 is 4.39 Å². The van der Waals surface area contributed by atoms with Crippen LogP contribution in [0.4, 0.5) is 21.8 Å². The maximum Gasteiger partial charge on any atom is 0.229 e. The number of rotatable bonds is 6. The van der Waals surface area contributed by atoms with Crippen LogP contribution >= 0.6 is 27.5 Å². The van der Waals surface area contributed by atoms with E-state index in [1.165, 1.54) is 12.1 Å². The first-order valence-electron chi connectivity index (χ1n) is 7.49. The SMILES string of the molecule is Fc1ccc(Nc2ncc(Br)c(NCCc3cccnc3)n2)cc1Cl. The molecule has 0 aliphatic heterocycles. The fourth-order valence-electron chi connectivity index (χ4n) is 2.13. The van der Waals surface area contributed by atoms with Crippen LogP contribution in [0.1, 0.15) is 5.56 Å². The Hall–Kier alpha value is -2.25. The molecular weight excluding hydrogens is 409 g/mol. The Morgan fingerprint density at radius 3 is 2.84 bits per heavy atom. The van der Waals surface area contributed by atoms with Crippen molar-refractivity contribution >= 4 is 45.0 Å². The summed E-state index contributed by atoms with van der Waals surface area (Å²) < 4.78 is 14.0. The Bertz CT molecular complexity index is 863. The van der Waals surface area contributed by atoms with E-state index in [-0.39, 0.29) is 5.02 Å². The van der Waals surface area contributed by atoms with Crippen LogP contribution in [0, 0.1) is 5.82 Å². The zero-order valence-electron chi connectivity index (χ0n) is 13.0. The van der Waals surface area contributed by atoms with Crippen LogP contribution in [0.15, 0.2) is 53.4 Å². The summed E-state index contributed by atoms with van der Waals surface area (Å²) in [4.78, 5) is 12.7. The average molecular weight is 423 g/mol. The van der Waals surface area contributed by atoms with Gasteiger partial charge in [0.1, 0.15) is 11.6 Å². The predicted octanol–water partition coefficient (Wildman–Crippen LogP) is 4.82. The van der Waals surface area contributed by atoms with E-state index in [2.05, 4.69) is 41.5 Å². The molecule has 0 aliphatic rings. The normalized spacial score (nSPS) is 10.5. The quantitative estimate of drug-likeness (QED) is 0.596. The molecule has 0 amide bonds. The van der Waals surface area contributed by atoms with E-state index < -0.39 is 5.82 Å². The molecule has 0 bridgehead atoms. The summed E-state index contributed by atoms with van der Waals surface area (Å²) in [7, 11) is 0. The highest BCUT2D eigenvalue weighted by atomic mass is 79.9. The number of hydrogen-bond donors (Lipinski definition) is 2. The molecular formula is C17H14BrClFN5. The molecule has 128 valence electrons. The molecule has 0 spiro atoms. The van der Waals surface area contributed by atoms with Gasteiger partial charge in [0.15, 0.2) is 0 Å². The van der Waals surface area contributed by atoms with Crippen LogP contribution in [0.5, 0.6) is 0 Å². The topological polar surface area (TPSA) is 62.7 Å². The Morgan fingerprint density at radius 2 is 2.08 bits per heavy atom. The lowest BCUT2D eigenvalue weighted by atomic mass is 10.2. The maximum absolute atomic E-state index is 13.2. The molecule has 0 saturated carbocycles. The van der Waals surface area contributed by atoms with Gasteiger partial charge in [-0.25, -0.2) is 9.37 Å². The first-order valence-corrected chi connectivity index (χ1v) is 8.66. The van der Waals surface area contributed by atoms with Crippen molar-refractivity contribution in [3.63, 3.8) is 0 Å². The highest BCUT2D eigenvalue weighted by Crippen LogP contribution is 2.24. The second-order valence-electron chi connectivity index (χ2n) is 5.18. The molecule has 0 saturated heterocycles. The van der Waals surface area contributed by atoms with Gasteiger partial charge < -0.3 is 10.6 Å². The summed E-state index contributed by atoms with van der Waals surface area (Å²) in [5.74, 6) is 0.575. The third-order valence-electron chi connectivity index (χ3n) is 3.35. The van der Waals surface area contributed by atoms with Gasteiger partial charge >= 0.3 is 0 Å². The molecule has 8 heteroatoms. The van der Waals surface area contributed by atoms with Gasteiger partial charge in [0.05, 0.1) is 9.50 Å². The molecule has 3 rings (SSSR count). The van der Waals surface area contributed by atoms with Gasteiger partial charge in [-0.15, -0.1) is 0 Å². The minimum atomic E-state index is -0.471. The second-order valence-corrected chi connectivity index (χ2v) is 6.44. The predicted molar refractivity (Wildman–Crippen MR) is 101 cm³/mol. The summed E-state index contributed by atoms with van der Waals surface area (Å²) in [6, 6.07) is 8.28. The van der Waals surface area contributed by atoms with Crippen LogP contribution in [0.3, 0.4) is 0 Å². The highest BCUT2D eigenvalue weighted by molar-refractivity contribution is 9.10. The third kappa shape index (κ3) is 4.87. The van der Waals surface area contributed by atoms with Crippen LogP contribution in [0.2, 0.25) is 5.02 Å². The molecule has 0 atom stereocenters. The van der Waals surface area contributed by atoms with Crippen LogP contribution in [-0.2, 0) is 6.42 Å². The standard InChI is InChI=1S/C17H14BrClFN5/c18-13-10-23-17(24-12-3-4-15(20)14(19)8-12)25-16(13)22-7-5-11-2-1-6-21-9-11/h1-4,6,8-10H,5,7H2,(H2,22,23,24,25). The van der Waals surface area contributed by atoms with Gasteiger partial charge in [0.25, 0.3) is 0 Å². The summed E-state index contributed by atoms with van der Waals surface area (Å²) in [6.07, 6.45) is 6.05. The van der Waals surface area contributed by atoms with Gasteiger partial charge in [-0.2, -0.15) is 4.98 Å². The summed E-state index contributed by atoms with van der Waals surface area (Å²) in [6.45, 7) is 0.698. The Kier molecular flexibility index (Phi) is 5.78. The van der Waals surface area contributed by atoms with Crippen molar-refractivity contribution in [2.24, 2.45) is 0 Å². The Morgan fingerprint density at radius 1 is 1.20 bits per heavy atom. The van der Waals surface area contributed by atoms with E-state index in [9.17, 15) is 4.39 Å². The highest BCUT2D eigenvalue weighted by Gasteiger charge is 2.07. The van der Waals surface area contributed by atoms with Gasteiger partial charge in [-0.05, 0) is 52.2 Å². The number of hydrogen-bond acceptors (Lipinski definition) is 5. The first-order chi connectivity index (χ1) is 12.1. The van der Waals surface area contributed by atoms with Crippen molar-refractivity contribution in [1.82, 2.24) is 15.0 Å². The van der Waals surface area contributed by atoms with Crippen LogP contribution in [0.25, 0.3) is 0 Å². The molecule has 0 radical (unpaired) electrons. The van der Waals surface area contributed by atoms with Gasteiger partial charge in [0, 0.05) is 30.8 Å². The third-order valence-corrected chi connectivity index (χ3v) is 4.22. The fraction of sp³-hybridized carbons (Fsp3) is 0.118. The van der Waals surface area contributed by atoms with E-state index in [1.807, 2.05) is 18.3 Å². The van der Waals surface area contributed by atoms with Crippen LogP contribution < -0.4 is 10.6 Å². The lowest BCUT2D eigenvalue weighted by Gasteiger charge is -2.10. The number of halogens is 3. The fourth-order valence-corrected chi connectivity index (χ4v) is 2.64. The van der Waals surface area contributed by atoms with Crippen molar-refractivity contribution in [3.05, 3.63) is 69.8 Å². The summed E-state index contributed by atoms with van der Waals surface area (Å²) in [5.41, 5.74) is 1.74. The number of aromatic nitrogens is 3. The lowest BCUT2D eigenvalue weighted by molar-refractivity contribution is 0.628. The average Bonchev–Trinajstić information content (AvgIpc) is 2.62. The van der Waals surface area contributed by atoms with Gasteiger partial charge in [-0.3, -0.25) is 4.98 Å². The molecule has 25 heavy (non-hydrogen) atoms. The lowest BCUT2D eigenvalue weighted by Crippen LogP contribution is -2.09. The van der Waals surface area contributed by atoms with Gasteiger partial charge in [-0.1, -0.05) is 17.7 Å². The zero-order chi connectivity index (χ0) is 17.6. The molecule has 0 fully saturated rings. The smallest absolute Gasteiger partial charge is 0.229 e. The minimum absolute atomic E-state index is 0.0388.